The number of halogens is 7. The van der Waals surface area contributed by atoms with Crippen molar-refractivity contribution in [1.82, 2.24) is 0 Å². The zero-order valence-electron chi connectivity index (χ0n) is 20.5. The van der Waals surface area contributed by atoms with Gasteiger partial charge in [0.2, 0.25) is 0 Å². The Morgan fingerprint density at radius 1 is 0.684 bits per heavy atom. The Morgan fingerprint density at radius 3 is 1.87 bits per heavy atom. The molecule has 10 unspecified atom stereocenters. The lowest BCUT2D eigenvalue weighted by Crippen LogP contribution is -2.36. The van der Waals surface area contributed by atoms with Gasteiger partial charge in [-0.3, -0.25) is 14.3 Å². The maximum Gasteiger partial charge on any atom is 0.522 e. The molecule has 0 heterocycles. The molecule has 5 aliphatic carbocycles. The maximum absolute atomic E-state index is 13.8. The SMILES string of the molecule is O=C1C2CC(OC(F)(F)F)CCC2C2CC3C(CC12)C(=O)C1CC(c2ccc(F)c(C(F)(F)F)c2)CCC13. The highest BCUT2D eigenvalue weighted by molar-refractivity contribution is 5.90. The van der Waals surface area contributed by atoms with E-state index in [9.17, 15) is 40.3 Å². The van der Waals surface area contributed by atoms with Crippen molar-refractivity contribution >= 4 is 11.6 Å². The fraction of sp³-hybridized carbons (Fsp3) is 0.714. The number of ether oxygens (including phenoxy) is 1. The number of Topliss-reactive ketones (excluding diaryl/α,β-unsaturated/α-hetero) is 2. The Hall–Kier alpha value is -1.97. The van der Waals surface area contributed by atoms with E-state index in [1.165, 1.54) is 6.07 Å². The average molecular weight is 547 g/mol. The van der Waals surface area contributed by atoms with Crippen LogP contribution in [0.5, 0.6) is 0 Å². The van der Waals surface area contributed by atoms with Crippen LogP contribution in [0.1, 0.15) is 68.4 Å². The van der Waals surface area contributed by atoms with Gasteiger partial charge >= 0.3 is 12.5 Å². The zero-order valence-corrected chi connectivity index (χ0v) is 20.5. The standard InChI is InChI=1S/C28H29F7O3/c29-24-6-2-13(8-23(24)27(30,31)32)12-1-4-15-17-10-18-16-5-3-14(38-28(33,34)35)9-20(16)26(37)22(18)11-21(17)25(36)19(15)7-12/h2,6,8,12,14-22H,1,3-5,7,9-11H2. The number of fused-ring (bicyclic) bond motifs is 6. The Bertz CT molecular complexity index is 1130. The van der Waals surface area contributed by atoms with Crippen LogP contribution in [-0.2, 0) is 20.5 Å². The van der Waals surface area contributed by atoms with Crippen LogP contribution < -0.4 is 0 Å². The fourth-order valence-electron chi connectivity index (χ4n) is 9.06. The maximum atomic E-state index is 13.8. The van der Waals surface area contributed by atoms with Crippen molar-refractivity contribution in [2.24, 2.45) is 47.3 Å². The van der Waals surface area contributed by atoms with Crippen LogP contribution in [-0.4, -0.2) is 24.0 Å². The molecule has 0 aromatic heterocycles. The molecule has 0 aliphatic heterocycles. The Kier molecular flexibility index (Phi) is 6.24. The van der Waals surface area contributed by atoms with Crippen LogP contribution in [0.4, 0.5) is 30.7 Å². The number of hydrogen-bond acceptors (Lipinski definition) is 3. The molecule has 0 bridgehead atoms. The van der Waals surface area contributed by atoms with Gasteiger partial charge in [0, 0.05) is 23.7 Å². The number of carbonyl (C=O) groups excluding carboxylic acids is 2. The van der Waals surface area contributed by atoms with E-state index < -0.39 is 35.9 Å². The Morgan fingerprint density at radius 2 is 1.26 bits per heavy atom. The summed E-state index contributed by atoms with van der Waals surface area (Å²) in [7, 11) is 0. The minimum atomic E-state index is -4.80. The molecule has 5 aliphatic rings. The van der Waals surface area contributed by atoms with E-state index in [4.69, 9.17) is 0 Å². The second kappa shape index (κ2) is 9.03. The van der Waals surface area contributed by atoms with Crippen molar-refractivity contribution in [3.05, 3.63) is 35.1 Å². The molecule has 1 aromatic rings. The highest BCUT2D eigenvalue weighted by atomic mass is 19.4. The van der Waals surface area contributed by atoms with Crippen LogP contribution in [0.3, 0.4) is 0 Å². The number of benzene rings is 1. The molecular formula is C28H29F7O3. The van der Waals surface area contributed by atoms with E-state index in [1.54, 1.807) is 0 Å². The van der Waals surface area contributed by atoms with Crippen LogP contribution >= 0.6 is 0 Å². The van der Waals surface area contributed by atoms with Gasteiger partial charge in [-0.2, -0.15) is 13.2 Å². The number of rotatable bonds is 2. The first-order valence-corrected chi connectivity index (χ1v) is 13.5. The topological polar surface area (TPSA) is 43.4 Å². The van der Waals surface area contributed by atoms with Crippen molar-refractivity contribution in [3.8, 4) is 0 Å². The number of carbonyl (C=O) groups is 2. The lowest BCUT2D eigenvalue weighted by molar-refractivity contribution is -0.346. The average Bonchev–Trinajstić information content (AvgIpc) is 3.27. The first kappa shape index (κ1) is 26.3. The second-order valence-electron chi connectivity index (χ2n) is 12.1. The third kappa shape index (κ3) is 4.38. The molecule has 0 N–H and O–H groups in total. The van der Waals surface area contributed by atoms with Gasteiger partial charge in [-0.1, -0.05) is 6.07 Å². The molecule has 10 atom stereocenters. The van der Waals surface area contributed by atoms with E-state index in [-0.39, 0.29) is 71.8 Å². The van der Waals surface area contributed by atoms with Gasteiger partial charge in [-0.15, -0.1) is 13.2 Å². The summed E-state index contributed by atoms with van der Waals surface area (Å²) in [6, 6.07) is 3.09. The summed E-state index contributed by atoms with van der Waals surface area (Å²) in [6.45, 7) is 0. The molecule has 0 saturated heterocycles. The van der Waals surface area contributed by atoms with Gasteiger partial charge in [0.1, 0.15) is 17.4 Å². The molecular weight excluding hydrogens is 517 g/mol. The number of ketones is 2. The fourth-order valence-corrected chi connectivity index (χ4v) is 9.06. The monoisotopic (exact) mass is 546 g/mol. The van der Waals surface area contributed by atoms with E-state index >= 15 is 0 Å². The third-order valence-electron chi connectivity index (χ3n) is 10.5. The molecule has 10 heteroatoms. The molecule has 1 aromatic carbocycles. The van der Waals surface area contributed by atoms with Gasteiger partial charge in [-0.05, 0) is 98.7 Å². The number of hydrogen-bond donors (Lipinski definition) is 0. The van der Waals surface area contributed by atoms with Gasteiger partial charge in [0.25, 0.3) is 0 Å². The molecule has 3 nitrogen and oxygen atoms in total. The van der Waals surface area contributed by atoms with E-state index in [0.717, 1.165) is 12.1 Å². The minimum Gasteiger partial charge on any atom is -0.299 e. The summed E-state index contributed by atoms with van der Waals surface area (Å²) in [5.41, 5.74) is -0.896. The summed E-state index contributed by atoms with van der Waals surface area (Å²) in [4.78, 5) is 26.9. The van der Waals surface area contributed by atoms with Crippen molar-refractivity contribution in [1.29, 1.82) is 0 Å². The smallest absolute Gasteiger partial charge is 0.299 e. The Balaban J connectivity index is 1.17. The number of alkyl halides is 6. The molecule has 5 fully saturated rings. The normalized spacial score (nSPS) is 40.9. The molecule has 0 amide bonds. The summed E-state index contributed by atoms with van der Waals surface area (Å²) in [5.74, 6) is -2.58. The van der Waals surface area contributed by atoms with Gasteiger partial charge in [-0.25, -0.2) is 4.39 Å². The largest absolute Gasteiger partial charge is 0.522 e. The van der Waals surface area contributed by atoms with Crippen LogP contribution in [0.2, 0.25) is 0 Å². The second-order valence-corrected chi connectivity index (χ2v) is 12.1. The van der Waals surface area contributed by atoms with E-state index in [0.29, 0.717) is 44.1 Å². The first-order valence-electron chi connectivity index (χ1n) is 13.5. The van der Waals surface area contributed by atoms with E-state index in [2.05, 4.69) is 4.74 Å². The lowest BCUT2D eigenvalue weighted by Gasteiger charge is -2.40. The molecule has 208 valence electrons. The predicted octanol–water partition coefficient (Wildman–Crippen LogP) is 7.09. The predicted molar refractivity (Wildman–Crippen MR) is 120 cm³/mol. The van der Waals surface area contributed by atoms with Crippen LogP contribution in [0, 0.1) is 53.2 Å². The molecule has 5 saturated carbocycles. The molecule has 6 rings (SSSR count). The van der Waals surface area contributed by atoms with Crippen LogP contribution in [0.15, 0.2) is 18.2 Å². The minimum absolute atomic E-state index is 0.0204. The summed E-state index contributed by atoms with van der Waals surface area (Å²) in [5, 5.41) is 0. The van der Waals surface area contributed by atoms with Crippen molar-refractivity contribution in [3.63, 3.8) is 0 Å². The van der Waals surface area contributed by atoms with E-state index in [1.807, 2.05) is 0 Å². The lowest BCUT2D eigenvalue weighted by atomic mass is 9.63. The van der Waals surface area contributed by atoms with Crippen molar-refractivity contribution in [2.75, 3.05) is 0 Å². The summed E-state index contributed by atoms with van der Waals surface area (Å²) >= 11 is 0. The third-order valence-corrected chi connectivity index (χ3v) is 10.5. The highest BCUT2D eigenvalue weighted by Gasteiger charge is 2.61. The quantitative estimate of drug-likeness (QED) is 0.372. The molecule has 0 radical (unpaired) electrons. The molecule has 38 heavy (non-hydrogen) atoms. The Labute approximate surface area is 215 Å². The van der Waals surface area contributed by atoms with Gasteiger partial charge in [0.15, 0.2) is 0 Å². The zero-order chi connectivity index (χ0) is 27.1. The summed E-state index contributed by atoms with van der Waals surface area (Å²) < 4.78 is 96.0. The van der Waals surface area contributed by atoms with Gasteiger partial charge < -0.3 is 0 Å². The molecule has 0 spiro atoms. The highest BCUT2D eigenvalue weighted by Crippen LogP contribution is 2.62. The summed E-state index contributed by atoms with van der Waals surface area (Å²) in [6.07, 6.45) is -6.85. The van der Waals surface area contributed by atoms with Gasteiger partial charge in [0.05, 0.1) is 11.7 Å². The first-order chi connectivity index (χ1) is 17.8. The van der Waals surface area contributed by atoms with Crippen molar-refractivity contribution < 1.29 is 45.1 Å². The van der Waals surface area contributed by atoms with Crippen molar-refractivity contribution in [2.45, 2.75) is 75.9 Å². The van der Waals surface area contributed by atoms with Crippen LogP contribution in [0.25, 0.3) is 0 Å².